The van der Waals surface area contributed by atoms with E-state index in [-0.39, 0.29) is 11.6 Å². The predicted octanol–water partition coefficient (Wildman–Crippen LogP) is 4.77. The van der Waals surface area contributed by atoms with Gasteiger partial charge in [-0.05, 0) is 38.5 Å². The average molecular weight is 264 g/mol. The fourth-order valence-electron chi connectivity index (χ4n) is 2.49. The molecular formula is C17H28O2. The van der Waals surface area contributed by atoms with Gasteiger partial charge in [-0.15, -0.1) is 0 Å². The number of carbonyl (C=O) groups excluding carboxylic acids is 2. The van der Waals surface area contributed by atoms with Gasteiger partial charge in [0.1, 0.15) is 0 Å². The van der Waals surface area contributed by atoms with E-state index in [1.165, 1.54) is 38.5 Å². The quantitative estimate of drug-likeness (QED) is 0.466. The number of carbonyl (C=O) groups is 2. The van der Waals surface area contributed by atoms with Crippen LogP contribution in [0.1, 0.15) is 83.5 Å². The van der Waals surface area contributed by atoms with Crippen LogP contribution in [0.4, 0.5) is 0 Å². The predicted molar refractivity (Wildman–Crippen MR) is 79.2 cm³/mol. The van der Waals surface area contributed by atoms with Gasteiger partial charge < -0.3 is 0 Å². The van der Waals surface area contributed by atoms with Crippen LogP contribution in [-0.2, 0) is 9.59 Å². The van der Waals surface area contributed by atoms with E-state index < -0.39 is 0 Å². The molecule has 108 valence electrons. The first-order valence-corrected chi connectivity index (χ1v) is 8.02. The number of ketones is 2. The van der Waals surface area contributed by atoms with Gasteiger partial charge in [0.25, 0.3) is 0 Å². The lowest BCUT2D eigenvalue weighted by atomic mass is 10.0. The zero-order valence-corrected chi connectivity index (χ0v) is 12.2. The molecule has 0 saturated heterocycles. The zero-order chi connectivity index (χ0) is 13.8. The molecule has 0 atom stereocenters. The van der Waals surface area contributed by atoms with Crippen molar-refractivity contribution in [3.63, 3.8) is 0 Å². The molecular weight excluding hydrogens is 236 g/mol. The third-order valence-corrected chi connectivity index (χ3v) is 3.78. The molecule has 0 amide bonds. The van der Waals surface area contributed by atoms with Gasteiger partial charge in [0, 0.05) is 12.8 Å². The van der Waals surface area contributed by atoms with E-state index in [9.17, 15) is 9.59 Å². The van der Waals surface area contributed by atoms with E-state index in [1.807, 2.05) is 0 Å². The summed E-state index contributed by atoms with van der Waals surface area (Å²) in [7, 11) is 0. The van der Waals surface area contributed by atoms with E-state index in [2.05, 4.69) is 12.2 Å². The maximum absolute atomic E-state index is 11.6. The topological polar surface area (TPSA) is 34.1 Å². The van der Waals surface area contributed by atoms with Gasteiger partial charge in [-0.25, -0.2) is 0 Å². The Morgan fingerprint density at radius 2 is 0.895 bits per heavy atom. The summed E-state index contributed by atoms with van der Waals surface area (Å²) < 4.78 is 0. The van der Waals surface area contributed by atoms with Crippen molar-refractivity contribution in [2.45, 2.75) is 83.5 Å². The molecule has 0 saturated carbocycles. The number of allylic oxidation sites excluding steroid dienone is 2. The van der Waals surface area contributed by atoms with Crippen LogP contribution in [0.15, 0.2) is 12.2 Å². The standard InChI is InChI=1S/C17H28O2/c18-16-14-12-10-8-6-4-2-1-3-5-7-9-11-13-15-17(16)19/h4,6H,1-3,5,7-15H2/b6-4-. The second kappa shape index (κ2) is 11.0. The third kappa shape index (κ3) is 8.74. The molecule has 0 aliphatic heterocycles. The smallest absolute Gasteiger partial charge is 0.198 e. The SMILES string of the molecule is O=C1CCCC/C=C\CCCCCCCCCC1=O. The summed E-state index contributed by atoms with van der Waals surface area (Å²) in [5.74, 6) is -0.284. The van der Waals surface area contributed by atoms with Crippen LogP contribution in [0.3, 0.4) is 0 Å². The monoisotopic (exact) mass is 264 g/mol. The number of hydrogen-bond donors (Lipinski definition) is 0. The number of rotatable bonds is 0. The summed E-state index contributed by atoms with van der Waals surface area (Å²) in [4.78, 5) is 23.2. The Bertz CT molecular complexity index is 292. The molecule has 0 radical (unpaired) electrons. The summed E-state index contributed by atoms with van der Waals surface area (Å²) >= 11 is 0. The van der Waals surface area contributed by atoms with Gasteiger partial charge >= 0.3 is 0 Å². The van der Waals surface area contributed by atoms with Gasteiger partial charge in [0.2, 0.25) is 0 Å². The first-order chi connectivity index (χ1) is 9.30. The van der Waals surface area contributed by atoms with Crippen molar-refractivity contribution < 1.29 is 9.59 Å². The Balaban J connectivity index is 2.29. The minimum absolute atomic E-state index is 0.139. The van der Waals surface area contributed by atoms with Crippen LogP contribution in [-0.4, -0.2) is 11.6 Å². The Morgan fingerprint density at radius 3 is 1.47 bits per heavy atom. The summed E-state index contributed by atoms with van der Waals surface area (Å²) in [5.41, 5.74) is 0. The summed E-state index contributed by atoms with van der Waals surface area (Å²) in [5, 5.41) is 0. The highest BCUT2D eigenvalue weighted by Crippen LogP contribution is 2.12. The molecule has 1 rings (SSSR count). The van der Waals surface area contributed by atoms with Crippen LogP contribution >= 0.6 is 0 Å². The van der Waals surface area contributed by atoms with Crippen LogP contribution in [0.5, 0.6) is 0 Å². The van der Waals surface area contributed by atoms with Crippen molar-refractivity contribution >= 4 is 11.6 Å². The van der Waals surface area contributed by atoms with Crippen molar-refractivity contribution in [2.24, 2.45) is 0 Å². The summed E-state index contributed by atoms with van der Waals surface area (Å²) in [6.07, 6.45) is 17.9. The second-order valence-electron chi connectivity index (χ2n) is 5.58. The molecule has 0 fully saturated rings. The van der Waals surface area contributed by atoms with Crippen LogP contribution in [0, 0.1) is 0 Å². The van der Waals surface area contributed by atoms with Crippen molar-refractivity contribution in [1.29, 1.82) is 0 Å². The highest BCUT2D eigenvalue weighted by molar-refractivity contribution is 6.37. The molecule has 0 aromatic heterocycles. The van der Waals surface area contributed by atoms with Gasteiger partial charge in [-0.2, -0.15) is 0 Å². The van der Waals surface area contributed by atoms with Crippen molar-refractivity contribution in [2.75, 3.05) is 0 Å². The molecule has 0 bridgehead atoms. The Morgan fingerprint density at radius 1 is 0.526 bits per heavy atom. The number of hydrogen-bond acceptors (Lipinski definition) is 2. The first-order valence-electron chi connectivity index (χ1n) is 8.02. The Labute approximate surface area is 117 Å². The van der Waals surface area contributed by atoms with Gasteiger partial charge in [-0.1, -0.05) is 44.3 Å². The number of Topliss-reactive ketones (excluding diaryl/α,β-unsaturated/α-hetero) is 2. The Hall–Kier alpha value is -0.920. The lowest BCUT2D eigenvalue weighted by Gasteiger charge is -2.01. The Kier molecular flexibility index (Phi) is 9.30. The van der Waals surface area contributed by atoms with Crippen molar-refractivity contribution in [1.82, 2.24) is 0 Å². The molecule has 0 aromatic rings. The molecule has 1 aliphatic rings. The molecule has 2 nitrogen and oxygen atoms in total. The minimum atomic E-state index is -0.145. The van der Waals surface area contributed by atoms with Gasteiger partial charge in [-0.3, -0.25) is 9.59 Å². The maximum atomic E-state index is 11.6. The lowest BCUT2D eigenvalue weighted by molar-refractivity contribution is -0.136. The highest BCUT2D eigenvalue weighted by Gasteiger charge is 2.12. The fourth-order valence-corrected chi connectivity index (χ4v) is 2.49. The van der Waals surface area contributed by atoms with Crippen molar-refractivity contribution in [3.05, 3.63) is 12.2 Å². The molecule has 0 unspecified atom stereocenters. The lowest BCUT2D eigenvalue weighted by Crippen LogP contribution is -2.13. The molecule has 0 heterocycles. The van der Waals surface area contributed by atoms with E-state index in [1.54, 1.807) is 0 Å². The van der Waals surface area contributed by atoms with E-state index in [4.69, 9.17) is 0 Å². The fraction of sp³-hybridized carbons (Fsp3) is 0.765. The van der Waals surface area contributed by atoms with E-state index in [0.717, 1.165) is 32.1 Å². The molecule has 0 aromatic carbocycles. The average Bonchev–Trinajstić information content (AvgIpc) is 2.41. The van der Waals surface area contributed by atoms with E-state index >= 15 is 0 Å². The van der Waals surface area contributed by atoms with Gasteiger partial charge in [0.05, 0.1) is 0 Å². The highest BCUT2D eigenvalue weighted by atomic mass is 16.2. The zero-order valence-electron chi connectivity index (χ0n) is 12.2. The molecule has 2 heteroatoms. The van der Waals surface area contributed by atoms with Crippen molar-refractivity contribution in [3.8, 4) is 0 Å². The van der Waals surface area contributed by atoms with Gasteiger partial charge in [0.15, 0.2) is 11.6 Å². The first kappa shape index (κ1) is 16.1. The van der Waals surface area contributed by atoms with Crippen LogP contribution in [0.2, 0.25) is 0 Å². The molecule has 19 heavy (non-hydrogen) atoms. The second-order valence-corrected chi connectivity index (χ2v) is 5.58. The third-order valence-electron chi connectivity index (χ3n) is 3.78. The molecule has 0 spiro atoms. The molecule has 1 aliphatic carbocycles. The largest absolute Gasteiger partial charge is 0.291 e. The summed E-state index contributed by atoms with van der Waals surface area (Å²) in [6, 6.07) is 0. The molecule has 0 N–H and O–H groups in total. The van der Waals surface area contributed by atoms with E-state index in [0.29, 0.717) is 12.8 Å². The summed E-state index contributed by atoms with van der Waals surface area (Å²) in [6.45, 7) is 0. The maximum Gasteiger partial charge on any atom is 0.198 e. The normalized spacial score (nSPS) is 23.8. The minimum Gasteiger partial charge on any atom is -0.291 e. The van der Waals surface area contributed by atoms with Crippen LogP contribution < -0.4 is 0 Å². The van der Waals surface area contributed by atoms with Crippen LogP contribution in [0.25, 0.3) is 0 Å².